The van der Waals surface area contributed by atoms with Crippen LogP contribution in [0.2, 0.25) is 0 Å². The molecule has 0 amide bonds. The third-order valence-electron chi connectivity index (χ3n) is 8.87. The molecule has 0 bridgehead atoms. The second-order valence-corrected chi connectivity index (χ2v) is 11.7. The van der Waals surface area contributed by atoms with E-state index in [1.54, 1.807) is 0 Å². The van der Waals surface area contributed by atoms with E-state index in [-0.39, 0.29) is 26.8 Å². The fourth-order valence-electron chi connectivity index (χ4n) is 6.32. The van der Waals surface area contributed by atoms with Crippen molar-refractivity contribution in [2.75, 3.05) is 23.9 Å². The minimum absolute atomic E-state index is 0. The number of hydrogen-bond donors (Lipinski definition) is 0. The molecule has 0 atom stereocenters. The van der Waals surface area contributed by atoms with Gasteiger partial charge in [0.2, 0.25) is 6.71 Å². The quantitative estimate of drug-likeness (QED) is 0.146. The summed E-state index contributed by atoms with van der Waals surface area (Å²) in [7, 11) is 4.32. The molecule has 0 fully saturated rings. The third-order valence-corrected chi connectivity index (χ3v) is 8.87. The first kappa shape index (κ1) is 30.5. The van der Waals surface area contributed by atoms with Crippen molar-refractivity contribution < 1.29 is 20.1 Å². The first-order valence-corrected chi connectivity index (χ1v) is 15.0. The smallest absolute Gasteiger partial charge is 0.233 e. The molecule has 0 saturated carbocycles. The standard InChI is InChI=1S/C25H19BN3.C14H14N.Ir/c1-28-21-10-4-3-8-18(21)26-19-16-17(20-9-5-6-15-27-20)13-14-22(19)29(2)24-12-7-11-23(28)25(24)26;1-10-4-6-13(7-5-10)14-8-11(2)12(3)9-15-14;/h3-12,14-16H,1-2H3;4-6,8-9H,1-3H3;/q2*-1;. The van der Waals surface area contributed by atoms with Gasteiger partial charge >= 0.3 is 0 Å². The van der Waals surface area contributed by atoms with Gasteiger partial charge in [0.15, 0.2) is 0 Å². The molecule has 4 heterocycles. The molecule has 1 radical (unpaired) electrons. The van der Waals surface area contributed by atoms with E-state index in [0.717, 1.165) is 22.5 Å². The van der Waals surface area contributed by atoms with Crippen molar-refractivity contribution in [3.63, 3.8) is 0 Å². The zero-order valence-corrected chi connectivity index (χ0v) is 28.5. The largest absolute Gasteiger partial charge is 0.385 e. The zero-order chi connectivity index (χ0) is 30.4. The molecule has 4 nitrogen and oxygen atoms in total. The Hall–Kier alpha value is -4.51. The first-order chi connectivity index (χ1) is 21.4. The van der Waals surface area contributed by atoms with Gasteiger partial charge in [0.1, 0.15) is 0 Å². The number of aryl methyl sites for hydroxylation is 3. The summed E-state index contributed by atoms with van der Waals surface area (Å²) < 4.78 is 0. The van der Waals surface area contributed by atoms with Crippen molar-refractivity contribution in [2.24, 2.45) is 0 Å². The van der Waals surface area contributed by atoms with Crippen molar-refractivity contribution in [1.82, 2.24) is 9.97 Å². The van der Waals surface area contributed by atoms with Gasteiger partial charge in [0, 0.05) is 63.7 Å². The Balaban J connectivity index is 0.000000190. The molecular weight excluding hydrogens is 727 g/mol. The van der Waals surface area contributed by atoms with Gasteiger partial charge in [-0.25, -0.2) is 0 Å². The number of anilines is 4. The minimum Gasteiger partial charge on any atom is -0.385 e. The van der Waals surface area contributed by atoms with Crippen LogP contribution in [0.15, 0.2) is 109 Å². The second-order valence-electron chi connectivity index (χ2n) is 11.7. The van der Waals surface area contributed by atoms with Crippen LogP contribution in [0.4, 0.5) is 22.7 Å². The maximum Gasteiger partial charge on any atom is 0.233 e. The molecule has 2 aromatic heterocycles. The fraction of sp³-hybridized carbons (Fsp3) is 0.128. The number of nitrogens with zero attached hydrogens (tertiary/aromatic N) is 4. The van der Waals surface area contributed by atoms with Crippen LogP contribution in [0, 0.1) is 32.9 Å². The van der Waals surface area contributed by atoms with Crippen LogP contribution in [0.5, 0.6) is 0 Å². The molecule has 6 aromatic rings. The van der Waals surface area contributed by atoms with Crippen LogP contribution >= 0.6 is 0 Å². The Bertz CT molecular complexity index is 1980. The van der Waals surface area contributed by atoms with Gasteiger partial charge in [-0.15, -0.1) is 64.6 Å². The number of benzene rings is 4. The van der Waals surface area contributed by atoms with Crippen molar-refractivity contribution in [3.8, 4) is 22.5 Å². The molecule has 2 aliphatic heterocycles. The Labute approximate surface area is 280 Å². The van der Waals surface area contributed by atoms with Gasteiger partial charge in [-0.1, -0.05) is 55.0 Å². The topological polar surface area (TPSA) is 32.3 Å². The Kier molecular flexibility index (Phi) is 8.46. The van der Waals surface area contributed by atoms with Gasteiger partial charge in [-0.05, 0) is 71.7 Å². The van der Waals surface area contributed by atoms with Gasteiger partial charge in [0.05, 0.1) is 0 Å². The summed E-state index contributed by atoms with van der Waals surface area (Å²) in [6.45, 7) is 6.45. The number of aromatic nitrogens is 2. The van der Waals surface area contributed by atoms with E-state index in [4.69, 9.17) is 0 Å². The molecular formula is C39H33BIrN4-2. The molecule has 8 rings (SSSR count). The summed E-state index contributed by atoms with van der Waals surface area (Å²) in [5.74, 6) is 0. The van der Waals surface area contributed by atoms with Crippen molar-refractivity contribution in [2.45, 2.75) is 20.8 Å². The average Bonchev–Trinajstić information content (AvgIpc) is 3.06. The molecule has 223 valence electrons. The van der Waals surface area contributed by atoms with E-state index in [0.29, 0.717) is 0 Å². The second kappa shape index (κ2) is 12.5. The summed E-state index contributed by atoms with van der Waals surface area (Å²) in [5, 5.41) is 0. The van der Waals surface area contributed by atoms with Crippen molar-refractivity contribution in [3.05, 3.63) is 138 Å². The summed E-state index contributed by atoms with van der Waals surface area (Å²) in [5.41, 5.74) is 16.8. The monoisotopic (exact) mass is 761 g/mol. The number of para-hydroxylation sites is 1. The average molecular weight is 761 g/mol. The Morgan fingerprint density at radius 1 is 0.600 bits per heavy atom. The van der Waals surface area contributed by atoms with Crippen LogP contribution in [-0.4, -0.2) is 30.8 Å². The number of fused-ring (bicyclic) bond motifs is 4. The Morgan fingerprint density at radius 2 is 1.31 bits per heavy atom. The third kappa shape index (κ3) is 5.50. The number of rotatable bonds is 2. The molecule has 4 aromatic carbocycles. The fourth-order valence-corrected chi connectivity index (χ4v) is 6.32. The normalized spacial score (nSPS) is 12.2. The summed E-state index contributed by atoms with van der Waals surface area (Å²) >= 11 is 0. The van der Waals surface area contributed by atoms with E-state index >= 15 is 0 Å². The van der Waals surface area contributed by atoms with Crippen LogP contribution in [0.1, 0.15) is 16.7 Å². The molecule has 0 unspecified atom stereocenters. The summed E-state index contributed by atoms with van der Waals surface area (Å²) in [4.78, 5) is 13.6. The predicted octanol–water partition coefficient (Wildman–Crippen LogP) is 6.70. The minimum atomic E-state index is 0. The SMILES string of the molecule is CN1c2c[c-]c(-c3ccccn3)cc2B2c3ccccc3N(C)c3cccc1c32.Cc1c[c-]c(-c2cc(C)c(C)cn2)cc1.[Ir]. The van der Waals surface area contributed by atoms with Crippen LogP contribution < -0.4 is 26.2 Å². The van der Waals surface area contributed by atoms with Crippen LogP contribution in [0.25, 0.3) is 22.5 Å². The van der Waals surface area contributed by atoms with Crippen molar-refractivity contribution in [1.29, 1.82) is 0 Å². The first-order valence-electron chi connectivity index (χ1n) is 15.0. The van der Waals surface area contributed by atoms with E-state index < -0.39 is 0 Å². The van der Waals surface area contributed by atoms with Crippen molar-refractivity contribution >= 4 is 45.9 Å². The van der Waals surface area contributed by atoms with E-state index in [1.807, 2.05) is 36.7 Å². The number of hydrogen-bond acceptors (Lipinski definition) is 4. The van der Waals surface area contributed by atoms with Gasteiger partial charge in [-0.3, -0.25) is 0 Å². The van der Waals surface area contributed by atoms with E-state index in [1.165, 1.54) is 55.8 Å². The molecule has 45 heavy (non-hydrogen) atoms. The van der Waals surface area contributed by atoms with Gasteiger partial charge in [-0.2, -0.15) is 0 Å². The van der Waals surface area contributed by atoms with E-state index in [9.17, 15) is 0 Å². The molecule has 0 aliphatic carbocycles. The Morgan fingerprint density at radius 3 is 2.02 bits per heavy atom. The van der Waals surface area contributed by atoms with Crippen LogP contribution in [0.3, 0.4) is 0 Å². The maximum atomic E-state index is 4.55. The molecule has 2 aliphatic rings. The molecule has 0 saturated heterocycles. The summed E-state index contributed by atoms with van der Waals surface area (Å²) in [6.07, 6.45) is 3.76. The maximum absolute atomic E-state index is 4.55. The van der Waals surface area contributed by atoms with Gasteiger partial charge in [0.25, 0.3) is 0 Å². The molecule has 0 N–H and O–H groups in total. The molecule has 0 spiro atoms. The zero-order valence-electron chi connectivity index (χ0n) is 26.1. The van der Waals surface area contributed by atoms with Crippen LogP contribution in [-0.2, 0) is 20.1 Å². The summed E-state index contributed by atoms with van der Waals surface area (Å²) in [6, 6.07) is 40.7. The van der Waals surface area contributed by atoms with Gasteiger partial charge < -0.3 is 19.8 Å². The van der Waals surface area contributed by atoms with E-state index in [2.05, 4.69) is 140 Å². The number of pyridine rings is 2. The molecule has 6 heteroatoms. The predicted molar refractivity (Wildman–Crippen MR) is 185 cm³/mol.